The van der Waals surface area contributed by atoms with Crippen LogP contribution in [0.15, 0.2) is 67.0 Å². The second kappa shape index (κ2) is 9.26. The average molecular weight is 376 g/mol. The maximum Gasteiger partial charge on any atom is 0.276 e. The summed E-state index contributed by atoms with van der Waals surface area (Å²) in [6.45, 7) is 0.375. The zero-order valence-electron chi connectivity index (χ0n) is 14.9. The number of hydrogen-bond donors (Lipinski definition) is 2. The highest BCUT2D eigenvalue weighted by molar-refractivity contribution is 5.98. The minimum atomic E-state index is -0.562. The van der Waals surface area contributed by atoms with Gasteiger partial charge in [0.25, 0.3) is 5.91 Å². The first-order valence-corrected chi connectivity index (χ1v) is 8.50. The number of pyridine rings is 1. The van der Waals surface area contributed by atoms with Gasteiger partial charge in [0.15, 0.2) is 0 Å². The monoisotopic (exact) mass is 376 g/mol. The van der Waals surface area contributed by atoms with Gasteiger partial charge in [0.1, 0.15) is 12.4 Å². The molecule has 3 rings (SSSR count). The summed E-state index contributed by atoms with van der Waals surface area (Å²) in [6, 6.07) is 16.7. The van der Waals surface area contributed by atoms with Crippen molar-refractivity contribution >= 4 is 11.6 Å². The zero-order valence-corrected chi connectivity index (χ0v) is 14.9. The van der Waals surface area contributed by atoms with E-state index in [2.05, 4.69) is 15.8 Å². The van der Waals surface area contributed by atoms with Gasteiger partial charge in [-0.05, 0) is 42.0 Å². The Hall–Kier alpha value is -3.76. The fourth-order valence-electron chi connectivity index (χ4n) is 2.50. The Balaban J connectivity index is 1.59. The molecule has 7 heteroatoms. The molecule has 1 heterocycles. The van der Waals surface area contributed by atoms with Crippen LogP contribution in [0, 0.1) is 17.1 Å². The molecule has 0 radical (unpaired) electrons. The van der Waals surface area contributed by atoms with Crippen LogP contribution in [-0.4, -0.2) is 10.9 Å². The van der Waals surface area contributed by atoms with Crippen LogP contribution in [0.3, 0.4) is 0 Å². The summed E-state index contributed by atoms with van der Waals surface area (Å²) >= 11 is 0. The summed E-state index contributed by atoms with van der Waals surface area (Å²) in [5, 5.41) is 12.0. The van der Waals surface area contributed by atoms with Gasteiger partial charge < -0.3 is 5.32 Å². The number of anilines is 1. The van der Waals surface area contributed by atoms with Crippen LogP contribution >= 0.6 is 0 Å². The van der Waals surface area contributed by atoms with E-state index < -0.39 is 11.7 Å². The highest BCUT2D eigenvalue weighted by Gasteiger charge is 2.12. The van der Waals surface area contributed by atoms with E-state index >= 15 is 0 Å². The molecule has 0 fully saturated rings. The largest absolute Gasteiger partial charge is 0.380 e. The molecule has 3 aromatic rings. The molecule has 0 atom stereocenters. The Kier molecular flexibility index (Phi) is 6.29. The predicted molar refractivity (Wildman–Crippen MR) is 101 cm³/mol. The van der Waals surface area contributed by atoms with Crippen LogP contribution in [0.5, 0.6) is 0 Å². The first-order chi connectivity index (χ1) is 13.7. The number of halogens is 1. The molecular weight excluding hydrogens is 359 g/mol. The van der Waals surface area contributed by atoms with Gasteiger partial charge in [-0.1, -0.05) is 18.2 Å². The third-order valence-corrected chi connectivity index (χ3v) is 3.98. The number of carbonyl (C=O) groups is 1. The predicted octanol–water partition coefficient (Wildman–Crippen LogP) is 3.57. The van der Waals surface area contributed by atoms with E-state index in [1.807, 2.05) is 24.3 Å². The van der Waals surface area contributed by atoms with Crippen molar-refractivity contribution in [3.8, 4) is 6.07 Å². The lowest BCUT2D eigenvalue weighted by Gasteiger charge is -2.12. The van der Waals surface area contributed by atoms with Gasteiger partial charge in [-0.25, -0.2) is 9.87 Å². The highest BCUT2D eigenvalue weighted by atomic mass is 19.1. The first-order valence-electron chi connectivity index (χ1n) is 8.50. The third-order valence-electron chi connectivity index (χ3n) is 3.98. The van der Waals surface area contributed by atoms with Crippen molar-refractivity contribution in [3.05, 3.63) is 95.1 Å². The molecule has 1 aromatic heterocycles. The van der Waals surface area contributed by atoms with E-state index in [0.717, 1.165) is 11.6 Å². The van der Waals surface area contributed by atoms with Crippen LogP contribution in [0.2, 0.25) is 0 Å². The molecule has 0 aliphatic heterocycles. The average Bonchev–Trinajstić information content (AvgIpc) is 2.74. The summed E-state index contributed by atoms with van der Waals surface area (Å²) < 4.78 is 13.9. The number of nitrogens with zero attached hydrogens (tertiary/aromatic N) is 2. The summed E-state index contributed by atoms with van der Waals surface area (Å²) in [7, 11) is 0. The zero-order chi connectivity index (χ0) is 19.8. The summed E-state index contributed by atoms with van der Waals surface area (Å²) in [5.74, 6) is -1.01. The molecule has 0 saturated carbocycles. The van der Waals surface area contributed by atoms with Gasteiger partial charge in [-0.15, -0.1) is 0 Å². The maximum absolute atomic E-state index is 13.9. The molecule has 1 amide bonds. The van der Waals surface area contributed by atoms with Crippen molar-refractivity contribution in [2.75, 3.05) is 5.32 Å². The number of carbonyl (C=O) groups excluding carboxylic acids is 1. The Morgan fingerprint density at radius 3 is 2.68 bits per heavy atom. The molecule has 2 aromatic carbocycles. The summed E-state index contributed by atoms with van der Waals surface area (Å²) in [5.41, 5.74) is 4.85. The van der Waals surface area contributed by atoms with Crippen LogP contribution in [-0.2, 0) is 18.0 Å². The van der Waals surface area contributed by atoms with E-state index in [4.69, 9.17) is 10.1 Å². The van der Waals surface area contributed by atoms with Gasteiger partial charge >= 0.3 is 0 Å². The minimum absolute atomic E-state index is 0.157. The fraction of sp³-hybridized carbons (Fsp3) is 0.0952. The lowest BCUT2D eigenvalue weighted by Crippen LogP contribution is -2.24. The lowest BCUT2D eigenvalue weighted by atomic mass is 10.1. The lowest BCUT2D eigenvalue weighted by molar-refractivity contribution is 0.0224. The molecular formula is C21H17FN4O2. The molecule has 0 spiro atoms. The number of nitriles is 1. The SMILES string of the molecule is N#Cc1ccc(CONC(=O)c2ccccc2NCc2ccncc2)c(F)c1. The molecule has 0 bridgehead atoms. The van der Waals surface area contributed by atoms with Crippen LogP contribution in [0.1, 0.15) is 27.0 Å². The van der Waals surface area contributed by atoms with Crippen molar-refractivity contribution in [2.45, 2.75) is 13.2 Å². The number of benzene rings is 2. The van der Waals surface area contributed by atoms with Gasteiger partial charge in [-0.3, -0.25) is 14.6 Å². The Morgan fingerprint density at radius 1 is 1.14 bits per heavy atom. The van der Waals surface area contributed by atoms with Gasteiger partial charge in [0.2, 0.25) is 0 Å². The van der Waals surface area contributed by atoms with Crippen LogP contribution in [0.25, 0.3) is 0 Å². The molecule has 140 valence electrons. The molecule has 0 aliphatic rings. The third kappa shape index (κ3) is 4.90. The molecule has 0 saturated heterocycles. The fourth-order valence-corrected chi connectivity index (χ4v) is 2.50. The number of rotatable bonds is 7. The molecule has 6 nitrogen and oxygen atoms in total. The number of para-hydroxylation sites is 1. The van der Waals surface area contributed by atoms with E-state index in [9.17, 15) is 9.18 Å². The number of aromatic nitrogens is 1. The van der Waals surface area contributed by atoms with Crippen LogP contribution < -0.4 is 10.8 Å². The molecule has 2 N–H and O–H groups in total. The van der Waals surface area contributed by atoms with Gasteiger partial charge in [0, 0.05) is 30.2 Å². The minimum Gasteiger partial charge on any atom is -0.380 e. The van der Waals surface area contributed by atoms with E-state index in [-0.39, 0.29) is 17.7 Å². The highest BCUT2D eigenvalue weighted by Crippen LogP contribution is 2.16. The quantitative estimate of drug-likeness (QED) is 0.616. The second-order valence-corrected chi connectivity index (χ2v) is 5.89. The molecule has 0 unspecified atom stereocenters. The maximum atomic E-state index is 13.9. The normalized spacial score (nSPS) is 10.1. The number of nitrogens with one attached hydrogen (secondary N) is 2. The van der Waals surface area contributed by atoms with E-state index in [1.165, 1.54) is 12.1 Å². The van der Waals surface area contributed by atoms with Gasteiger partial charge in [-0.2, -0.15) is 5.26 Å². The second-order valence-electron chi connectivity index (χ2n) is 5.89. The van der Waals surface area contributed by atoms with Crippen LogP contribution in [0.4, 0.5) is 10.1 Å². The number of hydrogen-bond acceptors (Lipinski definition) is 5. The smallest absolute Gasteiger partial charge is 0.276 e. The standard InChI is InChI=1S/C21H17FN4O2/c22-19-11-16(12-23)5-6-17(19)14-28-26-21(27)18-3-1-2-4-20(18)25-13-15-7-9-24-10-8-15/h1-11,25H,13-14H2,(H,26,27). The van der Waals surface area contributed by atoms with E-state index in [0.29, 0.717) is 17.8 Å². The Labute approximate surface area is 161 Å². The van der Waals surface area contributed by atoms with Crippen molar-refractivity contribution in [1.29, 1.82) is 5.26 Å². The Morgan fingerprint density at radius 2 is 1.93 bits per heavy atom. The first kappa shape index (κ1) is 19.0. The van der Waals surface area contributed by atoms with Crippen molar-refractivity contribution in [1.82, 2.24) is 10.5 Å². The Bertz CT molecular complexity index is 1000. The topological polar surface area (TPSA) is 87.0 Å². The number of hydroxylamine groups is 1. The molecule has 0 aliphatic carbocycles. The van der Waals surface area contributed by atoms with E-state index in [1.54, 1.807) is 30.6 Å². The molecule has 28 heavy (non-hydrogen) atoms. The van der Waals surface area contributed by atoms with Crippen molar-refractivity contribution in [3.63, 3.8) is 0 Å². The van der Waals surface area contributed by atoms with Crippen molar-refractivity contribution < 1.29 is 14.0 Å². The summed E-state index contributed by atoms with van der Waals surface area (Å²) in [4.78, 5) is 21.5. The van der Waals surface area contributed by atoms with Gasteiger partial charge in [0.05, 0.1) is 17.2 Å². The summed E-state index contributed by atoms with van der Waals surface area (Å²) in [6.07, 6.45) is 3.40. The number of amides is 1. The van der Waals surface area contributed by atoms with Crippen molar-refractivity contribution in [2.24, 2.45) is 0 Å².